The summed E-state index contributed by atoms with van der Waals surface area (Å²) in [5.41, 5.74) is 0.0786. The van der Waals surface area contributed by atoms with E-state index in [9.17, 15) is 17.6 Å². The number of hydrogen-bond donors (Lipinski definition) is 2. The van der Waals surface area contributed by atoms with Crippen LogP contribution in [0.1, 0.15) is 23.7 Å². The van der Waals surface area contributed by atoms with Crippen molar-refractivity contribution >= 4 is 23.2 Å². The van der Waals surface area contributed by atoms with Gasteiger partial charge in [-0.05, 0) is 43.3 Å². The zero-order valence-corrected chi connectivity index (χ0v) is 16.6. The summed E-state index contributed by atoms with van der Waals surface area (Å²) in [5.74, 6) is -0.991. The van der Waals surface area contributed by atoms with Gasteiger partial charge in [0.15, 0.2) is 0 Å². The number of hydrogen-bond acceptors (Lipinski definition) is 5. The number of halogens is 4. The lowest BCUT2D eigenvalue weighted by Gasteiger charge is -2.15. The van der Waals surface area contributed by atoms with Crippen LogP contribution in [0.15, 0.2) is 35.7 Å². The molecule has 0 saturated heterocycles. The second kappa shape index (κ2) is 8.23. The van der Waals surface area contributed by atoms with Crippen LogP contribution in [0.2, 0.25) is 0 Å². The van der Waals surface area contributed by atoms with E-state index in [-0.39, 0.29) is 17.8 Å². The van der Waals surface area contributed by atoms with Gasteiger partial charge in [-0.2, -0.15) is 23.4 Å². The molecule has 30 heavy (non-hydrogen) atoms. The molecule has 158 valence electrons. The Morgan fingerprint density at radius 1 is 1.33 bits per heavy atom. The highest BCUT2D eigenvalue weighted by Gasteiger charge is 2.36. The maximum atomic E-state index is 14.8. The van der Waals surface area contributed by atoms with E-state index in [1.807, 2.05) is 0 Å². The standard InChI is InChI=1S/C20H20F4N6/c1-11(10-30(4)26-3)19-13-7-16(27-9-17(13)28-29-19)18-14(20(22,23)24)5-12(8-25-2)6-15(18)21/h5-7,9-10,25H,3,8H2,1-2,4H3,(H,28,29)/b11-10+. The first-order valence-corrected chi connectivity index (χ1v) is 8.92. The first-order chi connectivity index (χ1) is 14.2. The largest absolute Gasteiger partial charge is 0.417 e. The van der Waals surface area contributed by atoms with Gasteiger partial charge in [0, 0.05) is 37.5 Å². The molecule has 0 amide bonds. The Hall–Kier alpha value is -3.27. The summed E-state index contributed by atoms with van der Waals surface area (Å²) in [6, 6.07) is 3.42. The third-order valence-electron chi connectivity index (χ3n) is 4.52. The smallest absolute Gasteiger partial charge is 0.316 e. The van der Waals surface area contributed by atoms with Crippen molar-refractivity contribution < 1.29 is 17.6 Å². The Bertz CT molecular complexity index is 1120. The van der Waals surface area contributed by atoms with Crippen molar-refractivity contribution in [2.45, 2.75) is 19.6 Å². The number of fused-ring (bicyclic) bond motifs is 1. The molecule has 0 fully saturated rings. The average molecular weight is 420 g/mol. The van der Waals surface area contributed by atoms with Crippen molar-refractivity contribution in [2.24, 2.45) is 5.10 Å². The maximum Gasteiger partial charge on any atom is 0.417 e. The monoisotopic (exact) mass is 420 g/mol. The summed E-state index contributed by atoms with van der Waals surface area (Å²) < 4.78 is 56.0. The molecular formula is C20H20F4N6. The summed E-state index contributed by atoms with van der Waals surface area (Å²) in [7, 11) is 3.25. The van der Waals surface area contributed by atoms with E-state index in [1.54, 1.807) is 27.2 Å². The topological polar surface area (TPSA) is 69.2 Å². The van der Waals surface area contributed by atoms with Gasteiger partial charge in [0.1, 0.15) is 5.82 Å². The van der Waals surface area contributed by atoms with E-state index in [0.717, 1.165) is 12.1 Å². The molecule has 2 aromatic heterocycles. The average Bonchev–Trinajstić information content (AvgIpc) is 3.10. The molecule has 0 bridgehead atoms. The van der Waals surface area contributed by atoms with Gasteiger partial charge in [0.2, 0.25) is 0 Å². The van der Waals surface area contributed by atoms with Crippen LogP contribution in [0.5, 0.6) is 0 Å². The minimum Gasteiger partial charge on any atom is -0.316 e. The van der Waals surface area contributed by atoms with E-state index in [2.05, 4.69) is 32.3 Å². The second-order valence-electron chi connectivity index (χ2n) is 6.74. The fourth-order valence-corrected chi connectivity index (χ4v) is 3.19. The lowest BCUT2D eigenvalue weighted by Crippen LogP contribution is -2.13. The van der Waals surface area contributed by atoms with Crippen LogP contribution in [0.4, 0.5) is 17.6 Å². The molecule has 0 unspecified atom stereocenters. The molecule has 10 heteroatoms. The number of alkyl halides is 3. The molecule has 0 aliphatic carbocycles. The van der Waals surface area contributed by atoms with Crippen LogP contribution in [0, 0.1) is 5.82 Å². The zero-order valence-electron chi connectivity index (χ0n) is 16.6. The van der Waals surface area contributed by atoms with Gasteiger partial charge in [0.05, 0.1) is 28.7 Å². The van der Waals surface area contributed by atoms with Crippen molar-refractivity contribution in [1.29, 1.82) is 0 Å². The van der Waals surface area contributed by atoms with E-state index in [4.69, 9.17) is 0 Å². The van der Waals surface area contributed by atoms with Crippen molar-refractivity contribution in [3.05, 3.63) is 53.2 Å². The van der Waals surface area contributed by atoms with E-state index >= 15 is 0 Å². The zero-order chi connectivity index (χ0) is 22.1. The van der Waals surface area contributed by atoms with E-state index < -0.39 is 23.1 Å². The second-order valence-corrected chi connectivity index (χ2v) is 6.74. The first-order valence-electron chi connectivity index (χ1n) is 8.92. The lowest BCUT2D eigenvalue weighted by atomic mass is 9.98. The molecule has 3 aromatic rings. The van der Waals surface area contributed by atoms with Gasteiger partial charge in [-0.25, -0.2) is 4.39 Å². The number of benzene rings is 1. The van der Waals surface area contributed by atoms with Crippen molar-refractivity contribution in [3.8, 4) is 11.3 Å². The minimum atomic E-state index is -4.75. The number of H-pyrrole nitrogens is 1. The highest BCUT2D eigenvalue weighted by atomic mass is 19.4. The van der Waals surface area contributed by atoms with Crippen molar-refractivity contribution in [2.75, 3.05) is 14.1 Å². The highest BCUT2D eigenvalue weighted by molar-refractivity contribution is 5.92. The number of nitrogens with zero attached hydrogens (tertiary/aromatic N) is 4. The summed E-state index contributed by atoms with van der Waals surface area (Å²) in [6.07, 6.45) is -1.74. The number of hydrazone groups is 1. The highest BCUT2D eigenvalue weighted by Crippen LogP contribution is 2.39. The summed E-state index contributed by atoms with van der Waals surface area (Å²) >= 11 is 0. The Morgan fingerprint density at radius 2 is 2.07 bits per heavy atom. The summed E-state index contributed by atoms with van der Waals surface area (Å²) in [5, 5.41) is 15.4. The van der Waals surface area contributed by atoms with Gasteiger partial charge >= 0.3 is 6.18 Å². The molecule has 3 rings (SSSR count). The molecule has 0 spiro atoms. The Kier molecular flexibility index (Phi) is 5.88. The van der Waals surface area contributed by atoms with Crippen LogP contribution in [-0.4, -0.2) is 41.0 Å². The molecule has 0 saturated carbocycles. The van der Waals surface area contributed by atoms with Crippen LogP contribution < -0.4 is 5.32 Å². The number of aromatic nitrogens is 3. The van der Waals surface area contributed by atoms with Gasteiger partial charge in [-0.1, -0.05) is 0 Å². The molecule has 2 heterocycles. The minimum absolute atomic E-state index is 0.105. The molecule has 1 aromatic carbocycles. The quantitative estimate of drug-likeness (QED) is 0.352. The van der Waals surface area contributed by atoms with Crippen LogP contribution in [-0.2, 0) is 12.7 Å². The van der Waals surface area contributed by atoms with E-state index in [1.165, 1.54) is 17.3 Å². The fraction of sp³-hybridized carbons (Fsp3) is 0.250. The first kappa shape index (κ1) is 21.4. The third kappa shape index (κ3) is 4.18. The van der Waals surface area contributed by atoms with Crippen LogP contribution in [0.3, 0.4) is 0 Å². The SMILES string of the molecule is C=NN(C)/C=C(\C)c1n[nH]c2cnc(-c3c(F)cc(CNC)cc3C(F)(F)F)cc12. The van der Waals surface area contributed by atoms with Crippen molar-refractivity contribution in [3.63, 3.8) is 0 Å². The van der Waals surface area contributed by atoms with Gasteiger partial charge < -0.3 is 5.32 Å². The number of allylic oxidation sites excluding steroid dienone is 1. The Morgan fingerprint density at radius 3 is 2.70 bits per heavy atom. The Labute approximate surface area is 170 Å². The lowest BCUT2D eigenvalue weighted by molar-refractivity contribution is -0.137. The molecule has 0 atom stereocenters. The van der Waals surface area contributed by atoms with Crippen molar-refractivity contribution in [1.82, 2.24) is 25.5 Å². The van der Waals surface area contributed by atoms with Gasteiger partial charge in [-0.3, -0.25) is 15.1 Å². The molecule has 0 radical (unpaired) electrons. The van der Waals surface area contributed by atoms with Crippen LogP contribution in [0.25, 0.3) is 27.7 Å². The predicted molar refractivity (Wildman–Crippen MR) is 108 cm³/mol. The number of pyridine rings is 1. The number of rotatable bonds is 6. The number of nitrogens with one attached hydrogen (secondary N) is 2. The molecule has 0 aliphatic rings. The van der Waals surface area contributed by atoms with Gasteiger partial charge in [-0.15, -0.1) is 0 Å². The summed E-state index contributed by atoms with van der Waals surface area (Å²) in [6.45, 7) is 5.29. The maximum absolute atomic E-state index is 14.8. The molecular weight excluding hydrogens is 400 g/mol. The van der Waals surface area contributed by atoms with Crippen LogP contribution >= 0.6 is 0 Å². The Balaban J connectivity index is 2.21. The molecule has 2 N–H and O–H groups in total. The fourth-order valence-electron chi connectivity index (χ4n) is 3.19. The van der Waals surface area contributed by atoms with Gasteiger partial charge in [0.25, 0.3) is 0 Å². The van der Waals surface area contributed by atoms with E-state index in [0.29, 0.717) is 22.2 Å². The third-order valence-corrected chi connectivity index (χ3v) is 4.52. The molecule has 6 nitrogen and oxygen atoms in total. The normalized spacial score (nSPS) is 12.4. The summed E-state index contributed by atoms with van der Waals surface area (Å²) in [4.78, 5) is 4.05. The molecule has 0 aliphatic heterocycles. The number of aromatic amines is 1. The predicted octanol–water partition coefficient (Wildman–Crippen LogP) is 4.41.